The number of ether oxygens (including phenoxy) is 2. The van der Waals surface area contributed by atoms with Crippen LogP contribution in [0.15, 0.2) is 48.5 Å². The van der Waals surface area contributed by atoms with Crippen molar-refractivity contribution in [3.8, 4) is 0 Å². The number of carboxylic acids is 2. The van der Waals surface area contributed by atoms with Gasteiger partial charge in [0.05, 0.1) is 24.3 Å². The van der Waals surface area contributed by atoms with Crippen LogP contribution >= 0.6 is 0 Å². The summed E-state index contributed by atoms with van der Waals surface area (Å²) in [6.07, 6.45) is 3.36. The van der Waals surface area contributed by atoms with Gasteiger partial charge in [-0.05, 0) is 49.9 Å². The minimum Gasteiger partial charge on any atom is -0.481 e. The lowest BCUT2D eigenvalue weighted by Crippen LogP contribution is -2.40. The van der Waals surface area contributed by atoms with E-state index in [-0.39, 0.29) is 48.3 Å². The minimum atomic E-state index is -1.71. The molecule has 0 amide bonds. The average Bonchev–Trinajstić information content (AvgIpc) is 2.86. The first-order valence-electron chi connectivity index (χ1n) is 12.3. The molecule has 0 spiro atoms. The van der Waals surface area contributed by atoms with Crippen molar-refractivity contribution in [1.82, 2.24) is 0 Å². The van der Waals surface area contributed by atoms with E-state index in [2.05, 4.69) is 0 Å². The van der Waals surface area contributed by atoms with Gasteiger partial charge in [0.15, 0.2) is 0 Å². The molecule has 194 valence electrons. The molecule has 0 saturated carbocycles. The van der Waals surface area contributed by atoms with E-state index in [1.165, 1.54) is 12.1 Å². The quantitative estimate of drug-likeness (QED) is 0.253. The van der Waals surface area contributed by atoms with Gasteiger partial charge in [0.25, 0.3) is 0 Å². The molecule has 8 nitrogen and oxygen atoms in total. The number of unbranched alkanes of at least 4 members (excludes halogenated alkanes) is 4. The molecule has 8 heteroatoms. The second-order valence-corrected chi connectivity index (χ2v) is 8.40. The standard InChI is InChI=1S/C28H34O8/c1-3-35-25(31)20-14-9-11-16-22(20)28(27(33)34,19-13-7-5-6-8-18-24(29)30)23-17-12-10-15-21(23)26(32)36-4-2/h9-12,14-17H,3-8,13,18-19H2,1-2H3,(H,29,30)(H,33,34). The van der Waals surface area contributed by atoms with E-state index in [4.69, 9.17) is 14.6 Å². The van der Waals surface area contributed by atoms with Crippen molar-refractivity contribution in [2.24, 2.45) is 0 Å². The summed E-state index contributed by atoms with van der Waals surface area (Å²) in [4.78, 5) is 49.6. The zero-order chi connectivity index (χ0) is 26.6. The summed E-state index contributed by atoms with van der Waals surface area (Å²) in [5.74, 6) is -3.31. The molecule has 0 heterocycles. The molecule has 2 N–H and O–H groups in total. The zero-order valence-corrected chi connectivity index (χ0v) is 20.8. The Morgan fingerprint density at radius 2 is 1.14 bits per heavy atom. The molecule has 2 aromatic rings. The van der Waals surface area contributed by atoms with Gasteiger partial charge in [0, 0.05) is 6.42 Å². The van der Waals surface area contributed by atoms with Gasteiger partial charge >= 0.3 is 23.9 Å². The van der Waals surface area contributed by atoms with E-state index in [0.29, 0.717) is 25.7 Å². The first-order valence-corrected chi connectivity index (χ1v) is 12.3. The molecular weight excluding hydrogens is 464 g/mol. The highest BCUT2D eigenvalue weighted by Crippen LogP contribution is 2.42. The number of hydrogen-bond donors (Lipinski definition) is 2. The number of aliphatic carboxylic acids is 2. The van der Waals surface area contributed by atoms with E-state index < -0.39 is 29.3 Å². The number of carboxylic acid groups (broad SMARTS) is 2. The molecule has 0 fully saturated rings. The van der Waals surface area contributed by atoms with E-state index in [0.717, 1.165) is 6.42 Å². The molecule has 0 aliphatic rings. The van der Waals surface area contributed by atoms with Gasteiger partial charge in [-0.1, -0.05) is 62.1 Å². The average molecular weight is 499 g/mol. The third-order valence-electron chi connectivity index (χ3n) is 6.07. The van der Waals surface area contributed by atoms with Crippen molar-refractivity contribution in [2.45, 2.75) is 64.2 Å². The van der Waals surface area contributed by atoms with Gasteiger partial charge in [-0.25, -0.2) is 9.59 Å². The van der Waals surface area contributed by atoms with Crippen LogP contribution in [0.1, 0.15) is 90.6 Å². The number of hydrogen-bond acceptors (Lipinski definition) is 6. The predicted octanol–water partition coefficient (Wildman–Crippen LogP) is 5.23. The molecule has 36 heavy (non-hydrogen) atoms. The van der Waals surface area contributed by atoms with E-state index in [1.807, 2.05) is 0 Å². The fourth-order valence-corrected chi connectivity index (χ4v) is 4.43. The monoisotopic (exact) mass is 498 g/mol. The Bertz CT molecular complexity index is 998. The van der Waals surface area contributed by atoms with Crippen LogP contribution in [0.25, 0.3) is 0 Å². The van der Waals surface area contributed by atoms with Crippen molar-refractivity contribution < 1.29 is 38.9 Å². The molecule has 0 unspecified atom stereocenters. The van der Waals surface area contributed by atoms with Crippen molar-refractivity contribution in [2.75, 3.05) is 13.2 Å². The summed E-state index contributed by atoms with van der Waals surface area (Å²) in [6, 6.07) is 12.9. The van der Waals surface area contributed by atoms with Gasteiger partial charge < -0.3 is 19.7 Å². The molecule has 2 aromatic carbocycles. The first-order chi connectivity index (χ1) is 17.3. The second kappa shape index (κ2) is 14.0. The summed E-state index contributed by atoms with van der Waals surface area (Å²) in [7, 11) is 0. The molecule has 0 saturated heterocycles. The van der Waals surface area contributed by atoms with Crippen LogP contribution in [0.4, 0.5) is 0 Å². The Morgan fingerprint density at radius 3 is 1.58 bits per heavy atom. The summed E-state index contributed by atoms with van der Waals surface area (Å²) in [5.41, 5.74) is -0.964. The maximum atomic E-state index is 13.2. The van der Waals surface area contributed by atoms with Crippen molar-refractivity contribution in [3.63, 3.8) is 0 Å². The number of esters is 2. The molecule has 0 bridgehead atoms. The van der Waals surface area contributed by atoms with Crippen LogP contribution in [0, 0.1) is 0 Å². The van der Waals surface area contributed by atoms with Crippen LogP contribution in [-0.4, -0.2) is 47.3 Å². The van der Waals surface area contributed by atoms with Crippen molar-refractivity contribution in [3.05, 3.63) is 70.8 Å². The van der Waals surface area contributed by atoms with Crippen molar-refractivity contribution >= 4 is 23.9 Å². The number of carbonyl (C=O) groups excluding carboxylic acids is 2. The van der Waals surface area contributed by atoms with Crippen LogP contribution in [-0.2, 0) is 24.5 Å². The summed E-state index contributed by atoms with van der Waals surface area (Å²) in [5, 5.41) is 19.5. The maximum Gasteiger partial charge on any atom is 0.338 e. The van der Waals surface area contributed by atoms with E-state index >= 15 is 0 Å². The van der Waals surface area contributed by atoms with Gasteiger partial charge in [-0.15, -0.1) is 0 Å². The van der Waals surface area contributed by atoms with Gasteiger partial charge in [0.1, 0.15) is 5.41 Å². The molecule has 2 rings (SSSR count). The highest BCUT2D eigenvalue weighted by molar-refractivity contribution is 5.99. The Kier molecular flexibility index (Phi) is 11.1. The Labute approximate surface area is 211 Å². The summed E-state index contributed by atoms with van der Waals surface area (Å²) >= 11 is 0. The van der Waals surface area contributed by atoms with Gasteiger partial charge in [0.2, 0.25) is 0 Å². The van der Waals surface area contributed by atoms with Crippen LogP contribution in [0.5, 0.6) is 0 Å². The Morgan fingerprint density at radius 1 is 0.694 bits per heavy atom. The summed E-state index contributed by atoms with van der Waals surface area (Å²) < 4.78 is 10.4. The molecule has 0 atom stereocenters. The summed E-state index contributed by atoms with van der Waals surface area (Å²) in [6.45, 7) is 3.60. The van der Waals surface area contributed by atoms with Gasteiger partial charge in [-0.3, -0.25) is 9.59 Å². The SMILES string of the molecule is CCOC(=O)c1ccccc1C(CCCCCCCC(=O)O)(C(=O)O)c1ccccc1C(=O)OCC. The number of carbonyl (C=O) groups is 4. The highest BCUT2D eigenvalue weighted by atomic mass is 16.5. The fourth-order valence-electron chi connectivity index (χ4n) is 4.43. The first kappa shape index (κ1) is 28.6. The highest BCUT2D eigenvalue weighted by Gasteiger charge is 2.46. The van der Waals surface area contributed by atoms with E-state index in [1.54, 1.807) is 50.2 Å². The third-order valence-corrected chi connectivity index (χ3v) is 6.07. The lowest BCUT2D eigenvalue weighted by molar-refractivity contribution is -0.142. The topological polar surface area (TPSA) is 127 Å². The largest absolute Gasteiger partial charge is 0.481 e. The molecule has 0 aliphatic heterocycles. The maximum absolute atomic E-state index is 13.2. The third kappa shape index (κ3) is 6.93. The number of benzene rings is 2. The Balaban J connectivity index is 2.58. The smallest absolute Gasteiger partial charge is 0.338 e. The lowest BCUT2D eigenvalue weighted by atomic mass is 9.68. The van der Waals surface area contributed by atoms with E-state index in [9.17, 15) is 24.3 Å². The molecular formula is C28H34O8. The normalized spacial score (nSPS) is 11.1. The Hall–Kier alpha value is -3.68. The minimum absolute atomic E-state index is 0.0961. The molecule has 0 aliphatic carbocycles. The van der Waals surface area contributed by atoms with Crippen molar-refractivity contribution in [1.29, 1.82) is 0 Å². The molecule has 0 aromatic heterocycles. The predicted molar refractivity (Wildman–Crippen MR) is 133 cm³/mol. The fraction of sp³-hybridized carbons (Fsp3) is 0.429. The van der Waals surface area contributed by atoms with Crippen LogP contribution < -0.4 is 0 Å². The van der Waals surface area contributed by atoms with Gasteiger partial charge in [-0.2, -0.15) is 0 Å². The van der Waals surface area contributed by atoms with Crippen LogP contribution in [0.2, 0.25) is 0 Å². The second-order valence-electron chi connectivity index (χ2n) is 8.40. The lowest BCUT2D eigenvalue weighted by Gasteiger charge is -2.33. The molecule has 0 radical (unpaired) electrons. The zero-order valence-electron chi connectivity index (χ0n) is 20.8. The number of rotatable bonds is 15. The van der Waals surface area contributed by atoms with Crippen LogP contribution in [0.3, 0.4) is 0 Å².